The van der Waals surface area contributed by atoms with Crippen LogP contribution in [0.1, 0.15) is 13.8 Å². The fourth-order valence-corrected chi connectivity index (χ4v) is 2.56. The van der Waals surface area contributed by atoms with Crippen LogP contribution in [0, 0.1) is 5.92 Å². The molecular formula is C6H9Br3O3. The molecule has 1 N–H and O–H groups in total. The normalized spacial score (nSPS) is 14.5. The van der Waals surface area contributed by atoms with E-state index in [-0.39, 0.29) is 5.92 Å². The van der Waals surface area contributed by atoms with Gasteiger partial charge in [-0.3, -0.25) is 0 Å². The van der Waals surface area contributed by atoms with Crippen LogP contribution >= 0.6 is 47.8 Å². The average Bonchev–Trinajstić information content (AvgIpc) is 1.79. The van der Waals surface area contributed by atoms with Crippen molar-refractivity contribution in [3.8, 4) is 0 Å². The van der Waals surface area contributed by atoms with Crippen molar-refractivity contribution in [2.75, 3.05) is 0 Å². The molecule has 0 aromatic heterocycles. The highest BCUT2D eigenvalue weighted by molar-refractivity contribution is 9.39. The summed E-state index contributed by atoms with van der Waals surface area (Å²) in [6.07, 6.45) is -1.77. The highest BCUT2D eigenvalue weighted by atomic mass is 80.0. The van der Waals surface area contributed by atoms with E-state index < -0.39 is 14.4 Å². The number of carbonyl (C=O) groups is 1. The summed E-state index contributed by atoms with van der Waals surface area (Å²) in [5.74, 6) is 0.0687. The second-order valence-corrected chi connectivity index (χ2v) is 9.53. The zero-order chi connectivity index (χ0) is 9.94. The predicted octanol–water partition coefficient (Wildman–Crippen LogP) is 3.54. The number of carboxylic acid groups (broad SMARTS) is 1. The van der Waals surface area contributed by atoms with E-state index in [1.807, 2.05) is 13.8 Å². The topological polar surface area (TPSA) is 46.5 Å². The van der Waals surface area contributed by atoms with Crippen LogP contribution in [0.3, 0.4) is 0 Å². The summed E-state index contributed by atoms with van der Waals surface area (Å²) in [4.78, 5) is 10.3. The number of hydrogen-bond donors (Lipinski definition) is 1. The Kier molecular flexibility index (Phi) is 5.10. The first-order valence-corrected chi connectivity index (χ1v) is 5.59. The molecule has 0 spiro atoms. The van der Waals surface area contributed by atoms with Crippen LogP contribution in [-0.4, -0.2) is 19.5 Å². The fourth-order valence-electron chi connectivity index (χ4n) is 0.689. The zero-order valence-corrected chi connectivity index (χ0v) is 11.3. The lowest BCUT2D eigenvalue weighted by Gasteiger charge is -2.27. The van der Waals surface area contributed by atoms with Crippen molar-refractivity contribution in [1.29, 1.82) is 0 Å². The Morgan fingerprint density at radius 3 is 1.92 bits per heavy atom. The van der Waals surface area contributed by atoms with Crippen molar-refractivity contribution in [2.45, 2.75) is 22.1 Å². The summed E-state index contributed by atoms with van der Waals surface area (Å²) in [6.45, 7) is 3.73. The molecule has 0 radical (unpaired) electrons. The monoisotopic (exact) mass is 366 g/mol. The lowest BCUT2D eigenvalue weighted by molar-refractivity contribution is 0.0381. The molecular weight excluding hydrogens is 360 g/mol. The van der Waals surface area contributed by atoms with E-state index in [1.54, 1.807) is 0 Å². The Balaban J connectivity index is 4.35. The Bertz CT molecular complexity index is 164. The molecule has 0 aliphatic rings. The van der Waals surface area contributed by atoms with E-state index in [4.69, 9.17) is 5.11 Å². The lowest BCUT2D eigenvalue weighted by Crippen LogP contribution is -2.34. The van der Waals surface area contributed by atoms with Crippen LogP contribution in [0.25, 0.3) is 0 Å². The Labute approximate surface area is 96.2 Å². The van der Waals surface area contributed by atoms with Crippen molar-refractivity contribution in [1.82, 2.24) is 0 Å². The molecule has 72 valence electrons. The van der Waals surface area contributed by atoms with Crippen molar-refractivity contribution in [2.24, 2.45) is 5.92 Å². The van der Waals surface area contributed by atoms with Gasteiger partial charge in [0, 0.05) is 0 Å². The molecule has 0 saturated heterocycles. The standard InChI is InChI=1S/C6H9Br3O3/c1-3(2)4(6(7,8)9)12-5(10)11/h3-4H,1-2H3,(H,10,11). The first kappa shape index (κ1) is 12.7. The molecule has 0 heterocycles. The van der Waals surface area contributed by atoms with Crippen molar-refractivity contribution < 1.29 is 14.6 Å². The summed E-state index contributed by atoms with van der Waals surface area (Å²) in [6, 6.07) is 0. The van der Waals surface area contributed by atoms with E-state index >= 15 is 0 Å². The molecule has 1 unspecified atom stereocenters. The van der Waals surface area contributed by atoms with E-state index in [0.29, 0.717) is 0 Å². The van der Waals surface area contributed by atoms with Gasteiger partial charge in [-0.15, -0.1) is 0 Å². The Morgan fingerprint density at radius 2 is 1.83 bits per heavy atom. The van der Waals surface area contributed by atoms with Gasteiger partial charge in [0.1, 0.15) is 6.10 Å². The number of ether oxygens (including phenoxy) is 1. The van der Waals surface area contributed by atoms with Crippen LogP contribution < -0.4 is 0 Å². The van der Waals surface area contributed by atoms with E-state index in [2.05, 4.69) is 52.5 Å². The van der Waals surface area contributed by atoms with Crippen LogP contribution in [0.2, 0.25) is 0 Å². The summed E-state index contributed by atoms with van der Waals surface area (Å²) in [5.41, 5.74) is 0. The molecule has 0 aromatic rings. The van der Waals surface area contributed by atoms with Gasteiger partial charge < -0.3 is 9.84 Å². The third-order valence-corrected chi connectivity index (χ3v) is 2.51. The molecule has 0 aliphatic carbocycles. The smallest absolute Gasteiger partial charge is 0.450 e. The van der Waals surface area contributed by atoms with Gasteiger partial charge in [-0.25, -0.2) is 4.79 Å². The Morgan fingerprint density at radius 1 is 1.42 bits per heavy atom. The zero-order valence-electron chi connectivity index (χ0n) is 6.55. The number of alkyl halides is 3. The fraction of sp³-hybridized carbons (Fsp3) is 0.833. The third-order valence-electron chi connectivity index (χ3n) is 1.16. The molecule has 0 rings (SSSR count). The van der Waals surface area contributed by atoms with Gasteiger partial charge >= 0.3 is 6.16 Å². The molecule has 0 saturated carbocycles. The molecule has 0 aliphatic heterocycles. The van der Waals surface area contributed by atoms with Gasteiger partial charge in [0.2, 0.25) is 0 Å². The summed E-state index contributed by atoms with van der Waals surface area (Å²) in [5, 5.41) is 8.41. The Hall–Kier alpha value is 0.710. The summed E-state index contributed by atoms with van der Waals surface area (Å²) >= 11 is 9.66. The predicted molar refractivity (Wildman–Crippen MR) is 57.2 cm³/mol. The second kappa shape index (κ2) is 4.81. The highest BCUT2D eigenvalue weighted by Crippen LogP contribution is 2.41. The number of rotatable bonds is 2. The van der Waals surface area contributed by atoms with Crippen molar-refractivity contribution in [3.63, 3.8) is 0 Å². The number of halogens is 3. The lowest BCUT2D eigenvalue weighted by atomic mass is 10.1. The molecule has 0 fully saturated rings. The minimum atomic E-state index is -1.28. The van der Waals surface area contributed by atoms with Crippen LogP contribution in [0.4, 0.5) is 4.79 Å². The van der Waals surface area contributed by atoms with Crippen molar-refractivity contribution in [3.05, 3.63) is 0 Å². The molecule has 6 heteroatoms. The SMILES string of the molecule is CC(C)C(OC(=O)O)C(Br)(Br)Br. The van der Waals surface area contributed by atoms with E-state index in [1.165, 1.54) is 0 Å². The van der Waals surface area contributed by atoms with Crippen LogP contribution in [-0.2, 0) is 4.74 Å². The minimum absolute atomic E-state index is 0.0687. The largest absolute Gasteiger partial charge is 0.506 e. The summed E-state index contributed by atoms with van der Waals surface area (Å²) in [7, 11) is 0. The first-order valence-electron chi connectivity index (χ1n) is 3.21. The first-order chi connectivity index (χ1) is 5.25. The van der Waals surface area contributed by atoms with Crippen molar-refractivity contribution >= 4 is 53.9 Å². The molecule has 0 amide bonds. The minimum Gasteiger partial charge on any atom is -0.450 e. The van der Waals surface area contributed by atoms with Gasteiger partial charge in [-0.05, 0) is 5.92 Å². The van der Waals surface area contributed by atoms with Gasteiger partial charge in [0.05, 0.1) is 0 Å². The quantitative estimate of drug-likeness (QED) is 0.599. The molecule has 12 heavy (non-hydrogen) atoms. The maximum atomic E-state index is 10.3. The molecule has 3 nitrogen and oxygen atoms in total. The second-order valence-electron chi connectivity index (χ2n) is 2.59. The van der Waals surface area contributed by atoms with E-state index in [9.17, 15) is 4.79 Å². The van der Waals surface area contributed by atoms with Gasteiger partial charge in [0.25, 0.3) is 0 Å². The van der Waals surface area contributed by atoms with Gasteiger partial charge in [-0.1, -0.05) is 61.6 Å². The maximum absolute atomic E-state index is 10.3. The van der Waals surface area contributed by atoms with Gasteiger partial charge in [-0.2, -0.15) is 0 Å². The molecule has 0 bridgehead atoms. The van der Waals surface area contributed by atoms with E-state index in [0.717, 1.165) is 0 Å². The number of hydrogen-bond acceptors (Lipinski definition) is 2. The maximum Gasteiger partial charge on any atom is 0.506 e. The van der Waals surface area contributed by atoms with Crippen LogP contribution in [0.5, 0.6) is 0 Å². The van der Waals surface area contributed by atoms with Gasteiger partial charge in [0.15, 0.2) is 2.14 Å². The highest BCUT2D eigenvalue weighted by Gasteiger charge is 2.36. The molecule has 1 atom stereocenters. The third kappa shape index (κ3) is 4.67. The average molecular weight is 369 g/mol. The molecule has 0 aromatic carbocycles. The van der Waals surface area contributed by atoms with Crippen LogP contribution in [0.15, 0.2) is 0 Å². The summed E-state index contributed by atoms with van der Waals surface area (Å²) < 4.78 is 3.96.